The maximum Gasteiger partial charge on any atom is 0.143 e. The van der Waals surface area contributed by atoms with Crippen molar-refractivity contribution in [1.82, 2.24) is 9.88 Å². The SMILES string of the molecule is C[C@H](CN1CCCC1)Oc1cnc(Cl)c(Br)c1. The summed E-state index contributed by atoms with van der Waals surface area (Å²) in [5, 5.41) is 0.463. The highest BCUT2D eigenvalue weighted by Crippen LogP contribution is 2.24. The summed E-state index contributed by atoms with van der Waals surface area (Å²) in [6.45, 7) is 5.44. The van der Waals surface area contributed by atoms with Crippen LogP contribution in [-0.2, 0) is 0 Å². The number of rotatable bonds is 4. The fraction of sp³-hybridized carbons (Fsp3) is 0.583. The molecule has 5 heteroatoms. The average Bonchev–Trinajstić information content (AvgIpc) is 2.76. The first-order chi connectivity index (χ1) is 8.15. The predicted octanol–water partition coefficient (Wildman–Crippen LogP) is 3.36. The largest absolute Gasteiger partial charge is 0.488 e. The van der Waals surface area contributed by atoms with Gasteiger partial charge in [0.15, 0.2) is 0 Å². The molecule has 1 atom stereocenters. The molecule has 1 aliphatic heterocycles. The number of hydrogen-bond acceptors (Lipinski definition) is 3. The minimum Gasteiger partial charge on any atom is -0.488 e. The zero-order valence-electron chi connectivity index (χ0n) is 9.83. The Bertz CT molecular complexity index is 383. The topological polar surface area (TPSA) is 25.4 Å². The number of aromatic nitrogens is 1. The monoisotopic (exact) mass is 318 g/mol. The summed E-state index contributed by atoms with van der Waals surface area (Å²) in [5.41, 5.74) is 0. The van der Waals surface area contributed by atoms with Gasteiger partial charge in [0.2, 0.25) is 0 Å². The van der Waals surface area contributed by atoms with Crippen LogP contribution in [0.5, 0.6) is 5.75 Å². The maximum atomic E-state index is 5.83. The van der Waals surface area contributed by atoms with Crippen LogP contribution in [0.25, 0.3) is 0 Å². The number of nitrogens with zero attached hydrogens (tertiary/aromatic N) is 2. The van der Waals surface area contributed by atoms with Gasteiger partial charge in [0.05, 0.1) is 10.7 Å². The quantitative estimate of drug-likeness (QED) is 0.796. The molecule has 0 radical (unpaired) electrons. The van der Waals surface area contributed by atoms with Gasteiger partial charge < -0.3 is 4.74 Å². The second-order valence-electron chi connectivity index (χ2n) is 4.38. The van der Waals surface area contributed by atoms with Crippen molar-refractivity contribution in [2.24, 2.45) is 0 Å². The molecule has 1 saturated heterocycles. The highest BCUT2D eigenvalue weighted by Gasteiger charge is 2.15. The van der Waals surface area contributed by atoms with Crippen LogP contribution in [0.2, 0.25) is 5.15 Å². The molecule has 0 bridgehead atoms. The van der Waals surface area contributed by atoms with Gasteiger partial charge in [-0.1, -0.05) is 11.6 Å². The summed E-state index contributed by atoms with van der Waals surface area (Å²) in [6.07, 6.45) is 4.44. The van der Waals surface area contributed by atoms with E-state index < -0.39 is 0 Å². The average molecular weight is 320 g/mol. The summed E-state index contributed by atoms with van der Waals surface area (Å²) in [4.78, 5) is 6.48. The number of likely N-dealkylation sites (tertiary alicyclic amines) is 1. The minimum absolute atomic E-state index is 0.169. The van der Waals surface area contributed by atoms with E-state index in [1.165, 1.54) is 25.9 Å². The fourth-order valence-corrected chi connectivity index (χ4v) is 2.50. The molecule has 2 heterocycles. The Balaban J connectivity index is 1.88. The molecule has 0 unspecified atom stereocenters. The van der Waals surface area contributed by atoms with Crippen LogP contribution in [0.15, 0.2) is 16.7 Å². The van der Waals surface area contributed by atoms with Crippen LogP contribution >= 0.6 is 27.5 Å². The molecule has 1 aromatic heterocycles. The number of ether oxygens (including phenoxy) is 1. The normalized spacial score (nSPS) is 18.3. The van der Waals surface area contributed by atoms with Crippen molar-refractivity contribution in [1.29, 1.82) is 0 Å². The molecule has 1 aromatic rings. The molecule has 0 N–H and O–H groups in total. The molecule has 17 heavy (non-hydrogen) atoms. The van der Waals surface area contributed by atoms with E-state index in [4.69, 9.17) is 16.3 Å². The third kappa shape index (κ3) is 3.83. The number of halogens is 2. The standard InChI is InChI=1S/C12H16BrClN2O/c1-9(8-16-4-2-3-5-16)17-10-6-11(13)12(14)15-7-10/h6-7,9H,2-5,8H2,1H3/t9-/m1/s1. The second-order valence-corrected chi connectivity index (χ2v) is 5.59. The van der Waals surface area contributed by atoms with Gasteiger partial charge in [-0.15, -0.1) is 0 Å². The molecular weight excluding hydrogens is 304 g/mol. The lowest BCUT2D eigenvalue weighted by molar-refractivity contribution is 0.161. The molecule has 1 aliphatic rings. The molecule has 0 aromatic carbocycles. The van der Waals surface area contributed by atoms with E-state index in [2.05, 4.69) is 32.7 Å². The highest BCUT2D eigenvalue weighted by molar-refractivity contribution is 9.10. The molecule has 0 spiro atoms. The molecule has 0 amide bonds. The zero-order chi connectivity index (χ0) is 12.3. The molecule has 94 valence electrons. The Morgan fingerprint density at radius 3 is 2.88 bits per heavy atom. The Labute approximate surface area is 115 Å². The first-order valence-electron chi connectivity index (χ1n) is 5.85. The maximum absolute atomic E-state index is 5.83. The van der Waals surface area contributed by atoms with Crippen LogP contribution in [0, 0.1) is 0 Å². The van der Waals surface area contributed by atoms with Gasteiger partial charge in [0.25, 0.3) is 0 Å². The van der Waals surface area contributed by atoms with E-state index in [1.54, 1.807) is 6.20 Å². The lowest BCUT2D eigenvalue weighted by Crippen LogP contribution is -2.31. The van der Waals surface area contributed by atoms with E-state index in [9.17, 15) is 0 Å². The third-order valence-electron chi connectivity index (χ3n) is 2.82. The van der Waals surface area contributed by atoms with Crippen LogP contribution < -0.4 is 4.74 Å². The van der Waals surface area contributed by atoms with Crippen LogP contribution in [0.1, 0.15) is 19.8 Å². The van der Waals surface area contributed by atoms with Gasteiger partial charge in [0, 0.05) is 6.54 Å². The molecule has 0 aliphatic carbocycles. The Morgan fingerprint density at radius 1 is 1.53 bits per heavy atom. The lowest BCUT2D eigenvalue weighted by atomic mass is 10.3. The van der Waals surface area contributed by atoms with Gasteiger partial charge in [-0.05, 0) is 54.9 Å². The van der Waals surface area contributed by atoms with Crippen molar-refractivity contribution in [3.8, 4) is 5.75 Å². The van der Waals surface area contributed by atoms with Gasteiger partial charge in [-0.2, -0.15) is 0 Å². The summed E-state index contributed by atoms with van der Waals surface area (Å²) < 4.78 is 6.59. The lowest BCUT2D eigenvalue weighted by Gasteiger charge is -2.21. The van der Waals surface area contributed by atoms with Gasteiger partial charge in [-0.3, -0.25) is 4.90 Å². The van der Waals surface area contributed by atoms with Crippen LogP contribution in [0.4, 0.5) is 0 Å². The first kappa shape index (κ1) is 13.1. The van der Waals surface area contributed by atoms with Crippen molar-refractivity contribution in [2.75, 3.05) is 19.6 Å². The van der Waals surface area contributed by atoms with Crippen molar-refractivity contribution >= 4 is 27.5 Å². The molecule has 1 fully saturated rings. The Hall–Kier alpha value is -0.320. The Morgan fingerprint density at radius 2 is 2.24 bits per heavy atom. The molecular formula is C12H16BrClN2O. The zero-order valence-corrected chi connectivity index (χ0v) is 12.2. The van der Waals surface area contributed by atoms with E-state index in [0.717, 1.165) is 16.8 Å². The predicted molar refractivity (Wildman–Crippen MR) is 72.7 cm³/mol. The van der Waals surface area contributed by atoms with Crippen LogP contribution in [0.3, 0.4) is 0 Å². The van der Waals surface area contributed by atoms with E-state index in [0.29, 0.717) is 5.15 Å². The molecule has 2 rings (SSSR count). The second kappa shape index (κ2) is 6.03. The summed E-state index contributed by atoms with van der Waals surface area (Å²) in [7, 11) is 0. The third-order valence-corrected chi connectivity index (χ3v) is 3.96. The van der Waals surface area contributed by atoms with Gasteiger partial charge in [0.1, 0.15) is 17.0 Å². The van der Waals surface area contributed by atoms with Gasteiger partial charge >= 0.3 is 0 Å². The first-order valence-corrected chi connectivity index (χ1v) is 7.02. The minimum atomic E-state index is 0.169. The summed E-state index contributed by atoms with van der Waals surface area (Å²) in [6, 6.07) is 1.86. The highest BCUT2D eigenvalue weighted by atomic mass is 79.9. The van der Waals surface area contributed by atoms with E-state index >= 15 is 0 Å². The van der Waals surface area contributed by atoms with Crippen molar-refractivity contribution in [2.45, 2.75) is 25.9 Å². The molecule has 3 nitrogen and oxygen atoms in total. The van der Waals surface area contributed by atoms with Crippen molar-refractivity contribution in [3.05, 3.63) is 21.9 Å². The summed E-state index contributed by atoms with van der Waals surface area (Å²) in [5.74, 6) is 0.757. The van der Waals surface area contributed by atoms with E-state index in [1.807, 2.05) is 6.07 Å². The number of pyridine rings is 1. The molecule has 0 saturated carbocycles. The van der Waals surface area contributed by atoms with Crippen molar-refractivity contribution in [3.63, 3.8) is 0 Å². The smallest absolute Gasteiger partial charge is 0.143 e. The Kier molecular flexibility index (Phi) is 4.65. The van der Waals surface area contributed by atoms with Gasteiger partial charge in [-0.25, -0.2) is 4.98 Å². The van der Waals surface area contributed by atoms with Crippen molar-refractivity contribution < 1.29 is 4.74 Å². The fourth-order valence-electron chi connectivity index (χ4n) is 2.07. The van der Waals surface area contributed by atoms with Crippen LogP contribution in [-0.4, -0.2) is 35.6 Å². The number of hydrogen-bond donors (Lipinski definition) is 0. The summed E-state index contributed by atoms with van der Waals surface area (Å²) >= 11 is 9.17. The van der Waals surface area contributed by atoms with E-state index in [-0.39, 0.29) is 6.10 Å².